The van der Waals surface area contributed by atoms with E-state index in [9.17, 15) is 28.3 Å². The van der Waals surface area contributed by atoms with Gasteiger partial charge in [-0.05, 0) is 12.1 Å². The summed E-state index contributed by atoms with van der Waals surface area (Å²) in [6, 6.07) is 4.38. The van der Waals surface area contributed by atoms with E-state index in [0.29, 0.717) is 9.15 Å². The maximum atomic E-state index is 12.7. The van der Waals surface area contributed by atoms with E-state index in [0.717, 1.165) is 11.1 Å². The SMILES string of the molecule is O=C(O)C1c2nn(S(=O)(=O)c3ccccc3)cc2[C@H]2CN1C(=O)N2O. The number of benzene rings is 1. The highest BCUT2D eigenvalue weighted by Crippen LogP contribution is 2.42. The number of carboxylic acids is 1. The zero-order chi connectivity index (χ0) is 17.9. The molecule has 1 unspecified atom stereocenters. The van der Waals surface area contributed by atoms with Crippen molar-refractivity contribution in [2.24, 2.45) is 0 Å². The van der Waals surface area contributed by atoms with Crippen molar-refractivity contribution >= 4 is 22.0 Å². The fourth-order valence-corrected chi connectivity index (χ4v) is 4.29. The number of aliphatic carboxylic acids is 1. The van der Waals surface area contributed by atoms with Crippen molar-refractivity contribution in [3.8, 4) is 0 Å². The third-order valence-electron chi connectivity index (χ3n) is 4.31. The Morgan fingerprint density at radius 1 is 1.24 bits per heavy atom. The number of hydrogen-bond acceptors (Lipinski definition) is 6. The minimum absolute atomic E-state index is 0.0101. The van der Waals surface area contributed by atoms with Gasteiger partial charge in [0.05, 0.1) is 11.4 Å². The Morgan fingerprint density at radius 2 is 1.92 bits per heavy atom. The molecule has 0 spiro atoms. The molecule has 2 N–H and O–H groups in total. The van der Waals surface area contributed by atoms with Crippen molar-refractivity contribution in [1.82, 2.24) is 19.1 Å². The van der Waals surface area contributed by atoms with Gasteiger partial charge in [0.1, 0.15) is 11.7 Å². The van der Waals surface area contributed by atoms with Crippen LogP contribution >= 0.6 is 0 Å². The van der Waals surface area contributed by atoms with Gasteiger partial charge >= 0.3 is 12.0 Å². The van der Waals surface area contributed by atoms with Gasteiger partial charge in [-0.15, -0.1) is 0 Å². The van der Waals surface area contributed by atoms with Crippen molar-refractivity contribution in [2.45, 2.75) is 17.0 Å². The van der Waals surface area contributed by atoms with Gasteiger partial charge in [0.25, 0.3) is 10.0 Å². The molecule has 4 rings (SSSR count). The summed E-state index contributed by atoms with van der Waals surface area (Å²) in [5.74, 6) is -1.36. The summed E-state index contributed by atoms with van der Waals surface area (Å²) < 4.78 is 26.0. The van der Waals surface area contributed by atoms with E-state index in [2.05, 4.69) is 5.10 Å². The molecule has 130 valence electrons. The average Bonchev–Trinajstić information content (AvgIpc) is 3.14. The second-order valence-corrected chi connectivity index (χ2v) is 7.49. The number of urea groups is 1. The van der Waals surface area contributed by atoms with Gasteiger partial charge in [-0.1, -0.05) is 18.2 Å². The lowest BCUT2D eigenvalue weighted by atomic mass is 9.98. The summed E-state index contributed by atoms with van der Waals surface area (Å²) in [5, 5.41) is 23.7. The largest absolute Gasteiger partial charge is 0.479 e. The summed E-state index contributed by atoms with van der Waals surface area (Å²) in [7, 11) is -4.02. The Bertz CT molecular complexity index is 986. The van der Waals surface area contributed by atoms with Crippen molar-refractivity contribution < 1.29 is 28.3 Å². The maximum absolute atomic E-state index is 12.7. The quantitative estimate of drug-likeness (QED) is 0.754. The molecule has 1 aromatic heterocycles. The van der Waals surface area contributed by atoms with Crippen LogP contribution in [-0.2, 0) is 14.8 Å². The first-order valence-corrected chi connectivity index (χ1v) is 8.68. The molecule has 2 aliphatic rings. The summed E-state index contributed by atoms with van der Waals surface area (Å²) >= 11 is 0. The topological polar surface area (TPSA) is 133 Å². The normalized spacial score (nSPS) is 22.2. The van der Waals surface area contributed by atoms with Crippen LogP contribution in [0.1, 0.15) is 23.3 Å². The zero-order valence-electron chi connectivity index (χ0n) is 12.6. The van der Waals surface area contributed by atoms with Crippen molar-refractivity contribution in [3.05, 3.63) is 47.8 Å². The number of nitrogens with zero attached hydrogens (tertiary/aromatic N) is 4. The minimum atomic E-state index is -4.02. The molecule has 3 heterocycles. The van der Waals surface area contributed by atoms with Crippen molar-refractivity contribution in [1.29, 1.82) is 0 Å². The minimum Gasteiger partial charge on any atom is -0.479 e. The van der Waals surface area contributed by atoms with Gasteiger partial charge in [0, 0.05) is 11.8 Å². The monoisotopic (exact) mass is 364 g/mol. The Balaban J connectivity index is 1.87. The zero-order valence-corrected chi connectivity index (χ0v) is 13.4. The van der Waals surface area contributed by atoms with Crippen LogP contribution in [0.4, 0.5) is 4.79 Å². The Labute approximate surface area is 141 Å². The van der Waals surface area contributed by atoms with Crippen LogP contribution < -0.4 is 0 Å². The van der Waals surface area contributed by atoms with Crippen LogP contribution in [0, 0.1) is 0 Å². The Hall–Kier alpha value is -2.92. The standard InChI is InChI=1S/C14H12N4O6S/c19-13(20)12-11-9(10-7-16(12)14(21)18(10)22)6-17(15-11)25(23,24)8-4-2-1-3-5-8/h1-6,10,12,22H,7H2,(H,19,20)/t10-,12?/m1/s1. The summed E-state index contributed by atoms with van der Waals surface area (Å²) in [5.41, 5.74) is 0.115. The molecule has 1 saturated heterocycles. The second-order valence-electron chi connectivity index (χ2n) is 5.70. The first kappa shape index (κ1) is 15.6. The number of hydrogen-bond donors (Lipinski definition) is 2. The van der Waals surface area contributed by atoms with E-state index < -0.39 is 34.1 Å². The molecule has 2 atom stereocenters. The molecule has 11 heteroatoms. The summed E-state index contributed by atoms with van der Waals surface area (Å²) in [4.78, 5) is 24.5. The molecule has 25 heavy (non-hydrogen) atoms. The fourth-order valence-electron chi connectivity index (χ4n) is 3.12. The number of carboxylic acid groups (broad SMARTS) is 1. The van der Waals surface area contributed by atoms with Crippen LogP contribution in [0.25, 0.3) is 0 Å². The number of rotatable bonds is 3. The first-order chi connectivity index (χ1) is 11.8. The van der Waals surface area contributed by atoms with Crippen LogP contribution in [0.2, 0.25) is 0 Å². The summed E-state index contributed by atoms with van der Waals surface area (Å²) in [6.45, 7) is -0.0591. The van der Waals surface area contributed by atoms with E-state index >= 15 is 0 Å². The van der Waals surface area contributed by atoms with Crippen LogP contribution in [-0.4, -0.2) is 56.4 Å². The lowest BCUT2D eigenvalue weighted by Gasteiger charge is -2.25. The molecular weight excluding hydrogens is 352 g/mol. The lowest BCUT2D eigenvalue weighted by molar-refractivity contribution is -0.142. The molecular formula is C14H12N4O6S. The van der Waals surface area contributed by atoms with Crippen LogP contribution in [0.15, 0.2) is 41.4 Å². The van der Waals surface area contributed by atoms with Crippen molar-refractivity contribution in [3.63, 3.8) is 0 Å². The lowest BCUT2D eigenvalue weighted by Crippen LogP contribution is -2.38. The third kappa shape index (κ3) is 2.06. The van der Waals surface area contributed by atoms with Gasteiger partial charge in [-0.2, -0.15) is 22.7 Å². The number of hydroxylamine groups is 2. The molecule has 10 nitrogen and oxygen atoms in total. The van der Waals surface area contributed by atoms with Gasteiger partial charge < -0.3 is 10.0 Å². The molecule has 2 aliphatic heterocycles. The maximum Gasteiger partial charge on any atom is 0.345 e. The predicted molar refractivity (Wildman–Crippen MR) is 80.1 cm³/mol. The fraction of sp³-hybridized carbons (Fsp3) is 0.214. The molecule has 2 amide bonds. The van der Waals surface area contributed by atoms with Gasteiger partial charge in [-0.3, -0.25) is 5.21 Å². The summed E-state index contributed by atoms with van der Waals surface area (Å²) in [6.07, 6.45) is 1.15. The number of fused-ring (bicyclic) bond motifs is 4. The number of carbonyl (C=O) groups excluding carboxylic acids is 1. The number of amides is 2. The van der Waals surface area contributed by atoms with E-state index in [1.165, 1.54) is 12.1 Å². The van der Waals surface area contributed by atoms with E-state index in [-0.39, 0.29) is 22.7 Å². The molecule has 0 aliphatic carbocycles. The molecule has 1 aromatic carbocycles. The number of aromatic nitrogens is 2. The smallest absolute Gasteiger partial charge is 0.345 e. The van der Waals surface area contributed by atoms with Gasteiger partial charge in [-0.25, -0.2) is 9.59 Å². The number of carbonyl (C=O) groups is 2. The Kier molecular flexibility index (Phi) is 3.14. The average molecular weight is 364 g/mol. The molecule has 0 saturated carbocycles. The highest BCUT2D eigenvalue weighted by Gasteiger charge is 2.52. The second kappa shape index (κ2) is 5.04. The highest BCUT2D eigenvalue weighted by molar-refractivity contribution is 7.89. The molecule has 1 fully saturated rings. The molecule has 2 bridgehead atoms. The molecule has 0 radical (unpaired) electrons. The third-order valence-corrected chi connectivity index (χ3v) is 5.86. The predicted octanol–water partition coefficient (Wildman–Crippen LogP) is 0.427. The Morgan fingerprint density at radius 3 is 2.56 bits per heavy atom. The van der Waals surface area contributed by atoms with Crippen molar-refractivity contribution in [2.75, 3.05) is 6.54 Å². The van der Waals surface area contributed by atoms with Crippen LogP contribution in [0.3, 0.4) is 0 Å². The molecule has 2 aromatic rings. The first-order valence-electron chi connectivity index (χ1n) is 7.24. The van der Waals surface area contributed by atoms with E-state index in [4.69, 9.17) is 0 Å². The highest BCUT2D eigenvalue weighted by atomic mass is 32.2. The van der Waals surface area contributed by atoms with Gasteiger partial charge in [0.15, 0.2) is 6.04 Å². The van der Waals surface area contributed by atoms with E-state index in [1.807, 2.05) is 0 Å². The van der Waals surface area contributed by atoms with Crippen LogP contribution in [0.5, 0.6) is 0 Å². The van der Waals surface area contributed by atoms with E-state index in [1.54, 1.807) is 18.2 Å². The van der Waals surface area contributed by atoms with Gasteiger partial charge in [0.2, 0.25) is 0 Å².